The van der Waals surface area contributed by atoms with Crippen LogP contribution in [0.1, 0.15) is 12.4 Å². The van der Waals surface area contributed by atoms with E-state index in [1.165, 1.54) is 6.20 Å². The molecule has 0 aliphatic heterocycles. The molecule has 0 saturated heterocycles. The summed E-state index contributed by atoms with van der Waals surface area (Å²) in [7, 11) is 0. The summed E-state index contributed by atoms with van der Waals surface area (Å²) in [6.45, 7) is -2.94. The van der Waals surface area contributed by atoms with Crippen molar-refractivity contribution in [2.24, 2.45) is 0 Å². The number of aromatic nitrogens is 3. The second kappa shape index (κ2) is 4.44. The Morgan fingerprint density at radius 2 is 2.12 bits per heavy atom. The molecule has 90 valence electrons. The lowest BCUT2D eigenvalue weighted by Crippen LogP contribution is -2.21. The van der Waals surface area contributed by atoms with Crippen molar-refractivity contribution >= 4 is 0 Å². The Hall–Kier alpha value is -2.05. The van der Waals surface area contributed by atoms with Gasteiger partial charge in [-0.3, -0.25) is 9.36 Å². The molecular formula is C10H8F3N3O. The number of alkyl halides is 2. The van der Waals surface area contributed by atoms with E-state index in [2.05, 4.69) is 4.98 Å². The molecule has 0 N–H and O–H groups in total. The van der Waals surface area contributed by atoms with E-state index < -0.39 is 17.9 Å². The number of hydrogen-bond acceptors (Lipinski definition) is 2. The number of imidazole rings is 1. The van der Waals surface area contributed by atoms with Gasteiger partial charge >= 0.3 is 6.55 Å². The highest BCUT2D eigenvalue weighted by Crippen LogP contribution is 2.12. The van der Waals surface area contributed by atoms with E-state index in [1.807, 2.05) is 0 Å². The molecule has 2 aromatic heterocycles. The maximum Gasteiger partial charge on any atom is 0.319 e. The minimum Gasteiger partial charge on any atom is -0.305 e. The van der Waals surface area contributed by atoms with Gasteiger partial charge in [0.1, 0.15) is 11.6 Å². The molecule has 17 heavy (non-hydrogen) atoms. The highest BCUT2D eigenvalue weighted by molar-refractivity contribution is 5.00. The molecular weight excluding hydrogens is 235 g/mol. The SMILES string of the molecule is O=c1ccc(F)cn1Cc1nccn1C(F)F. The summed E-state index contributed by atoms with van der Waals surface area (Å²) in [5.41, 5.74) is -0.477. The zero-order valence-electron chi connectivity index (χ0n) is 8.55. The Morgan fingerprint density at radius 3 is 2.82 bits per heavy atom. The number of rotatable bonds is 3. The molecule has 0 unspecified atom stereocenters. The molecule has 0 aliphatic carbocycles. The summed E-state index contributed by atoms with van der Waals surface area (Å²) in [4.78, 5) is 15.1. The van der Waals surface area contributed by atoms with E-state index in [4.69, 9.17) is 0 Å². The Bertz CT molecular complexity index is 576. The van der Waals surface area contributed by atoms with Gasteiger partial charge in [0.2, 0.25) is 0 Å². The van der Waals surface area contributed by atoms with Gasteiger partial charge in [0.25, 0.3) is 5.56 Å². The summed E-state index contributed by atoms with van der Waals surface area (Å²) in [5.74, 6) is -0.618. The van der Waals surface area contributed by atoms with E-state index in [-0.39, 0.29) is 12.4 Å². The van der Waals surface area contributed by atoms with Gasteiger partial charge < -0.3 is 4.57 Å². The normalized spacial score (nSPS) is 11.1. The van der Waals surface area contributed by atoms with Crippen molar-refractivity contribution in [2.45, 2.75) is 13.1 Å². The molecule has 0 saturated carbocycles. The van der Waals surface area contributed by atoms with E-state index in [9.17, 15) is 18.0 Å². The van der Waals surface area contributed by atoms with Gasteiger partial charge in [-0.15, -0.1) is 0 Å². The summed E-state index contributed by atoms with van der Waals surface area (Å²) < 4.78 is 39.5. The van der Waals surface area contributed by atoms with Crippen LogP contribution in [-0.2, 0) is 6.54 Å². The molecule has 0 bridgehead atoms. The molecule has 0 atom stereocenters. The maximum absolute atomic E-state index is 12.9. The van der Waals surface area contributed by atoms with E-state index in [0.29, 0.717) is 4.57 Å². The molecule has 2 rings (SSSR count). The summed E-state index contributed by atoms with van der Waals surface area (Å²) in [6.07, 6.45) is 3.25. The van der Waals surface area contributed by atoms with Gasteiger partial charge in [-0.1, -0.05) is 0 Å². The van der Waals surface area contributed by atoms with Crippen molar-refractivity contribution in [3.63, 3.8) is 0 Å². The third-order valence-electron chi connectivity index (χ3n) is 2.22. The molecule has 2 aromatic rings. The van der Waals surface area contributed by atoms with Crippen molar-refractivity contribution in [1.82, 2.24) is 14.1 Å². The number of pyridine rings is 1. The second-order valence-corrected chi connectivity index (χ2v) is 3.34. The average molecular weight is 243 g/mol. The summed E-state index contributed by atoms with van der Waals surface area (Å²) in [6, 6.07) is 2.05. The van der Waals surface area contributed by atoms with Crippen LogP contribution in [0.5, 0.6) is 0 Å². The van der Waals surface area contributed by atoms with Crippen molar-refractivity contribution in [2.75, 3.05) is 0 Å². The van der Waals surface area contributed by atoms with Gasteiger partial charge in [0.15, 0.2) is 0 Å². The third-order valence-corrected chi connectivity index (χ3v) is 2.22. The van der Waals surface area contributed by atoms with Crippen LogP contribution < -0.4 is 5.56 Å². The fraction of sp³-hybridized carbons (Fsp3) is 0.200. The van der Waals surface area contributed by atoms with Gasteiger partial charge in [-0.05, 0) is 6.07 Å². The first-order valence-corrected chi connectivity index (χ1v) is 4.74. The predicted octanol–water partition coefficient (Wildman–Crippen LogP) is 1.63. The summed E-state index contributed by atoms with van der Waals surface area (Å²) >= 11 is 0. The van der Waals surface area contributed by atoms with Crippen LogP contribution in [0.3, 0.4) is 0 Å². The van der Waals surface area contributed by atoms with Crippen molar-refractivity contribution in [3.05, 3.63) is 52.7 Å². The van der Waals surface area contributed by atoms with Gasteiger partial charge in [-0.25, -0.2) is 9.37 Å². The van der Waals surface area contributed by atoms with E-state index in [0.717, 1.165) is 29.1 Å². The van der Waals surface area contributed by atoms with Crippen LogP contribution in [0.15, 0.2) is 35.5 Å². The quantitative estimate of drug-likeness (QED) is 0.821. The Balaban J connectivity index is 2.35. The maximum atomic E-state index is 12.9. The van der Waals surface area contributed by atoms with Crippen molar-refractivity contribution < 1.29 is 13.2 Å². The standard InChI is InChI=1S/C10H8F3N3O/c11-7-1-2-9(17)15(5-7)6-8-14-3-4-16(8)10(12)13/h1-5,10H,6H2. The molecule has 4 nitrogen and oxygen atoms in total. The fourth-order valence-electron chi connectivity index (χ4n) is 1.42. The largest absolute Gasteiger partial charge is 0.319 e. The fourth-order valence-corrected chi connectivity index (χ4v) is 1.42. The molecule has 0 aromatic carbocycles. The van der Waals surface area contributed by atoms with Crippen LogP contribution in [0, 0.1) is 5.82 Å². The van der Waals surface area contributed by atoms with Crippen LogP contribution >= 0.6 is 0 Å². The lowest BCUT2D eigenvalue weighted by molar-refractivity contribution is 0.0666. The summed E-state index contributed by atoms with van der Waals surface area (Å²) in [5, 5.41) is 0. The molecule has 0 aliphatic rings. The molecule has 0 radical (unpaired) electrons. The lowest BCUT2D eigenvalue weighted by Gasteiger charge is -2.08. The Morgan fingerprint density at radius 1 is 1.35 bits per heavy atom. The van der Waals surface area contributed by atoms with Crippen molar-refractivity contribution in [3.8, 4) is 0 Å². The zero-order chi connectivity index (χ0) is 12.4. The lowest BCUT2D eigenvalue weighted by atomic mass is 10.4. The predicted molar refractivity (Wildman–Crippen MR) is 53.2 cm³/mol. The van der Waals surface area contributed by atoms with Crippen LogP contribution in [-0.4, -0.2) is 14.1 Å². The molecule has 0 amide bonds. The highest BCUT2D eigenvalue weighted by atomic mass is 19.3. The first-order chi connectivity index (χ1) is 8.08. The van der Waals surface area contributed by atoms with Crippen LogP contribution in [0.25, 0.3) is 0 Å². The topological polar surface area (TPSA) is 39.8 Å². The Labute approximate surface area is 93.9 Å². The molecule has 2 heterocycles. The van der Waals surface area contributed by atoms with E-state index in [1.54, 1.807) is 0 Å². The van der Waals surface area contributed by atoms with Crippen molar-refractivity contribution in [1.29, 1.82) is 0 Å². The highest BCUT2D eigenvalue weighted by Gasteiger charge is 2.12. The monoisotopic (exact) mass is 243 g/mol. The molecule has 7 heteroatoms. The van der Waals surface area contributed by atoms with Gasteiger partial charge in [0.05, 0.1) is 6.54 Å². The number of nitrogens with zero attached hydrogens (tertiary/aromatic N) is 3. The second-order valence-electron chi connectivity index (χ2n) is 3.34. The van der Waals surface area contributed by atoms with Crippen LogP contribution in [0.4, 0.5) is 13.2 Å². The number of hydrogen-bond donors (Lipinski definition) is 0. The zero-order valence-corrected chi connectivity index (χ0v) is 8.55. The van der Waals surface area contributed by atoms with Crippen LogP contribution in [0.2, 0.25) is 0 Å². The first kappa shape index (κ1) is 11.4. The minimum absolute atomic E-state index is 0.00676. The number of halogens is 3. The average Bonchev–Trinajstić information content (AvgIpc) is 2.71. The Kier molecular flexibility index (Phi) is 2.99. The van der Waals surface area contributed by atoms with E-state index >= 15 is 0 Å². The molecule has 0 fully saturated rings. The first-order valence-electron chi connectivity index (χ1n) is 4.74. The smallest absolute Gasteiger partial charge is 0.305 e. The molecule has 0 spiro atoms. The van der Waals surface area contributed by atoms with Gasteiger partial charge in [0, 0.05) is 24.7 Å². The minimum atomic E-state index is -2.74. The third kappa shape index (κ3) is 2.38. The van der Waals surface area contributed by atoms with Gasteiger partial charge in [-0.2, -0.15) is 8.78 Å².